The van der Waals surface area contributed by atoms with Gasteiger partial charge in [-0.25, -0.2) is 0 Å². The molecule has 61 heavy (non-hydrogen) atoms. The highest BCUT2D eigenvalue weighted by molar-refractivity contribution is 5.97. The predicted octanol–water partition coefficient (Wildman–Crippen LogP) is -5.11. The number of aliphatic hydroxyl groups is 3. The number of aromatic hydroxyl groups is 1. The molecule has 23 nitrogen and oxygen atoms in total. The van der Waals surface area contributed by atoms with Crippen LogP contribution in [-0.4, -0.2) is 153 Å². The first-order chi connectivity index (χ1) is 28.6. The fourth-order valence-corrected chi connectivity index (χ4v) is 5.49. The molecule has 0 aliphatic carbocycles. The summed E-state index contributed by atoms with van der Waals surface area (Å²) in [6.07, 6.45) is -3.63. The van der Waals surface area contributed by atoms with Crippen molar-refractivity contribution >= 4 is 53.6 Å². The number of benzene rings is 1. The minimum atomic E-state index is -1.70. The fourth-order valence-electron chi connectivity index (χ4n) is 5.49. The normalized spacial score (nSPS) is 15.5. The Bertz CT molecular complexity index is 1640. The third-order valence-corrected chi connectivity index (χ3v) is 9.10. The maximum absolute atomic E-state index is 14.1. The Morgan fingerprint density at radius 2 is 1.20 bits per heavy atom. The third kappa shape index (κ3) is 19.5. The van der Waals surface area contributed by atoms with E-state index >= 15 is 0 Å². The lowest BCUT2D eigenvalue weighted by Crippen LogP contribution is -2.62. The van der Waals surface area contributed by atoms with Crippen LogP contribution < -0.4 is 48.7 Å². The van der Waals surface area contributed by atoms with Gasteiger partial charge in [0, 0.05) is 25.9 Å². The van der Waals surface area contributed by atoms with Crippen LogP contribution in [0, 0.1) is 5.92 Å². The standard InChI is InChI=1S/C38H61N9O14/c1-19(2)30(45-33(56)25(40)16-39)36(59)47-32(21(4)51)38(61)43-26(7-5-6-14-41-28(53)12-13-29(54)55)34(57)44-27(15-22-8-10-24(52)11-9-22)35(58)46-31(20(3)50)37(60)42-23(17-48)18-49/h8-11,17,19-21,23,25-27,30-32,49-52H,5-7,12-16,18,39-40H2,1-4H3,(H,41,53)(H,42,60)(H,43,61)(H,44,57)(H,45,56)(H,46,58)(H,47,59)(H,54,55)/t20-,21-,23-,25+,26+,27+,30+,31+,32+/m1/s1. The lowest BCUT2D eigenvalue weighted by atomic mass is 10.0. The molecule has 0 bridgehead atoms. The molecule has 342 valence electrons. The van der Waals surface area contributed by atoms with Crippen molar-refractivity contribution in [2.75, 3.05) is 19.7 Å². The number of unbranched alkanes of at least 4 members (excludes halogenated alkanes) is 1. The number of aldehydes is 1. The molecule has 0 aliphatic rings. The van der Waals surface area contributed by atoms with Crippen molar-refractivity contribution in [3.05, 3.63) is 29.8 Å². The second kappa shape index (κ2) is 27.2. The van der Waals surface area contributed by atoms with Crippen LogP contribution in [0.2, 0.25) is 0 Å². The fraction of sp³-hybridized carbons (Fsp3) is 0.605. The molecule has 1 aromatic rings. The van der Waals surface area contributed by atoms with Crippen molar-refractivity contribution in [2.24, 2.45) is 17.4 Å². The SMILES string of the molecule is CC(C)[C@H](NC(=O)[C@@H](N)CN)C(=O)N[C@H](C(=O)N[C@@H](CCCCNC(=O)CCC(=O)O)C(=O)N[C@@H](Cc1ccc(O)cc1)C(=O)N[C@H](C(=O)N[C@H](C=O)CO)[C@@H](C)O)[C@@H](C)O. The Morgan fingerprint density at radius 3 is 1.70 bits per heavy atom. The summed E-state index contributed by atoms with van der Waals surface area (Å²) < 4.78 is 0. The van der Waals surface area contributed by atoms with Gasteiger partial charge in [-0.2, -0.15) is 0 Å². The first-order valence-corrected chi connectivity index (χ1v) is 19.6. The molecule has 0 unspecified atom stereocenters. The summed E-state index contributed by atoms with van der Waals surface area (Å²) in [4.78, 5) is 114. The molecule has 16 N–H and O–H groups in total. The third-order valence-electron chi connectivity index (χ3n) is 9.10. The number of aliphatic hydroxyl groups excluding tert-OH is 3. The Kier molecular flexibility index (Phi) is 23.7. The molecule has 0 fully saturated rings. The van der Waals surface area contributed by atoms with E-state index < -0.39 is 121 Å². The van der Waals surface area contributed by atoms with Crippen LogP contribution in [0.4, 0.5) is 0 Å². The molecule has 7 amide bonds. The van der Waals surface area contributed by atoms with E-state index in [9.17, 15) is 63.6 Å². The molecule has 0 saturated carbocycles. The second-order valence-corrected chi connectivity index (χ2v) is 14.7. The number of nitrogens with two attached hydrogens (primary N) is 2. The number of aliphatic carboxylic acids is 1. The van der Waals surface area contributed by atoms with Gasteiger partial charge in [0.2, 0.25) is 41.4 Å². The molecule has 9 atom stereocenters. The average Bonchev–Trinajstić information content (AvgIpc) is 3.20. The van der Waals surface area contributed by atoms with Crippen molar-refractivity contribution in [2.45, 2.75) is 121 Å². The van der Waals surface area contributed by atoms with Gasteiger partial charge in [0.25, 0.3) is 0 Å². The van der Waals surface area contributed by atoms with Gasteiger partial charge in [-0.05, 0) is 56.7 Å². The summed E-state index contributed by atoms with van der Waals surface area (Å²) in [6, 6.07) is -4.68. The molecule has 0 aliphatic heterocycles. The molecule has 1 aromatic carbocycles. The monoisotopic (exact) mass is 867 g/mol. The summed E-state index contributed by atoms with van der Waals surface area (Å²) in [7, 11) is 0. The van der Waals surface area contributed by atoms with E-state index in [2.05, 4.69) is 37.2 Å². The van der Waals surface area contributed by atoms with Crippen molar-refractivity contribution in [3.8, 4) is 5.75 Å². The maximum atomic E-state index is 14.1. The lowest BCUT2D eigenvalue weighted by molar-refractivity contribution is -0.138. The van der Waals surface area contributed by atoms with Gasteiger partial charge >= 0.3 is 5.97 Å². The number of hydrogen-bond donors (Lipinski definition) is 14. The molecule has 23 heteroatoms. The van der Waals surface area contributed by atoms with Crippen molar-refractivity contribution in [1.82, 2.24) is 37.2 Å². The number of carbonyl (C=O) groups excluding carboxylic acids is 8. The molecule has 0 heterocycles. The van der Waals surface area contributed by atoms with Crippen molar-refractivity contribution in [1.29, 1.82) is 0 Å². The predicted molar refractivity (Wildman–Crippen MR) is 216 cm³/mol. The van der Waals surface area contributed by atoms with Crippen molar-refractivity contribution < 1.29 is 68.7 Å². The van der Waals surface area contributed by atoms with Crippen molar-refractivity contribution in [3.63, 3.8) is 0 Å². The van der Waals surface area contributed by atoms with E-state index in [1.165, 1.54) is 31.2 Å². The number of phenols is 1. The summed E-state index contributed by atoms with van der Waals surface area (Å²) in [5, 5.41) is 65.8. The number of rotatable bonds is 28. The van der Waals surface area contributed by atoms with Crippen LogP contribution in [0.15, 0.2) is 24.3 Å². The lowest BCUT2D eigenvalue weighted by Gasteiger charge is -2.29. The van der Waals surface area contributed by atoms with Crippen LogP contribution in [0.3, 0.4) is 0 Å². The minimum absolute atomic E-state index is 0.0547. The van der Waals surface area contributed by atoms with Gasteiger partial charge in [0.05, 0.1) is 31.3 Å². The molecular weight excluding hydrogens is 806 g/mol. The quantitative estimate of drug-likeness (QED) is 0.0277. The molecular formula is C38H61N9O14. The zero-order chi connectivity index (χ0) is 46.4. The zero-order valence-corrected chi connectivity index (χ0v) is 34.6. The average molecular weight is 868 g/mol. The van der Waals surface area contributed by atoms with E-state index in [4.69, 9.17) is 16.6 Å². The summed E-state index contributed by atoms with van der Waals surface area (Å²) in [5.41, 5.74) is 11.5. The maximum Gasteiger partial charge on any atom is 0.303 e. The topological polar surface area (TPSA) is 391 Å². The largest absolute Gasteiger partial charge is 0.508 e. The minimum Gasteiger partial charge on any atom is -0.508 e. The van der Waals surface area contributed by atoms with Gasteiger partial charge in [0.1, 0.15) is 48.3 Å². The molecule has 0 aromatic heterocycles. The van der Waals surface area contributed by atoms with Crippen LogP contribution >= 0.6 is 0 Å². The Labute approximate surface area is 352 Å². The van der Waals surface area contributed by atoms with E-state index in [0.29, 0.717) is 5.56 Å². The van der Waals surface area contributed by atoms with Crippen LogP contribution in [0.1, 0.15) is 65.4 Å². The number of nitrogens with one attached hydrogen (secondary N) is 7. The Morgan fingerprint density at radius 1 is 0.689 bits per heavy atom. The van der Waals surface area contributed by atoms with Gasteiger partial charge < -0.3 is 79.0 Å². The smallest absolute Gasteiger partial charge is 0.303 e. The van der Waals surface area contributed by atoms with Gasteiger partial charge in [-0.3, -0.25) is 38.4 Å². The highest BCUT2D eigenvalue weighted by Gasteiger charge is 2.36. The summed E-state index contributed by atoms with van der Waals surface area (Å²) in [6.45, 7) is 4.60. The summed E-state index contributed by atoms with van der Waals surface area (Å²) in [5.74, 6) is -8.07. The number of amides is 7. The second-order valence-electron chi connectivity index (χ2n) is 14.7. The first-order valence-electron chi connectivity index (χ1n) is 19.6. The Hall–Kier alpha value is -5.75. The highest BCUT2D eigenvalue weighted by Crippen LogP contribution is 2.13. The van der Waals surface area contributed by atoms with E-state index in [1.54, 1.807) is 13.8 Å². The number of carbonyl (C=O) groups is 9. The molecule has 0 radical (unpaired) electrons. The first kappa shape index (κ1) is 53.3. The Balaban J connectivity index is 3.49. The van der Waals surface area contributed by atoms with Crippen LogP contribution in [-0.2, 0) is 49.6 Å². The zero-order valence-electron chi connectivity index (χ0n) is 34.6. The molecule has 0 saturated heterocycles. The van der Waals surface area contributed by atoms with Gasteiger partial charge in [0.15, 0.2) is 0 Å². The van der Waals surface area contributed by atoms with E-state index in [1.807, 2.05) is 0 Å². The van der Waals surface area contributed by atoms with Gasteiger partial charge in [-0.15, -0.1) is 0 Å². The highest BCUT2D eigenvalue weighted by atomic mass is 16.4. The number of carboxylic acid groups (broad SMARTS) is 1. The summed E-state index contributed by atoms with van der Waals surface area (Å²) >= 11 is 0. The van der Waals surface area contributed by atoms with E-state index in [0.717, 1.165) is 6.92 Å². The molecule has 1 rings (SSSR count). The van der Waals surface area contributed by atoms with Crippen LogP contribution in [0.5, 0.6) is 5.75 Å². The molecule has 0 spiro atoms. The van der Waals surface area contributed by atoms with Crippen LogP contribution in [0.25, 0.3) is 0 Å². The number of phenolic OH excluding ortho intramolecular Hbond substituents is 1. The van der Waals surface area contributed by atoms with Gasteiger partial charge in [-0.1, -0.05) is 26.0 Å². The number of carboxylic acids is 1. The number of hydrogen-bond acceptors (Lipinski definition) is 15. The van der Waals surface area contributed by atoms with E-state index in [-0.39, 0.29) is 57.2 Å².